The van der Waals surface area contributed by atoms with Crippen LogP contribution in [-0.4, -0.2) is 46.0 Å². The van der Waals surface area contributed by atoms with E-state index in [1.165, 1.54) is 21.9 Å². The number of benzene rings is 5. The largest absolute Gasteiger partial charge is 0.445 e. The van der Waals surface area contributed by atoms with Crippen molar-refractivity contribution in [3.05, 3.63) is 144 Å². The van der Waals surface area contributed by atoms with Crippen LogP contribution in [0.15, 0.2) is 121 Å². The van der Waals surface area contributed by atoms with Crippen molar-refractivity contribution in [2.75, 3.05) is 13.1 Å². The van der Waals surface area contributed by atoms with Gasteiger partial charge in [0.25, 0.3) is 0 Å². The van der Waals surface area contributed by atoms with Crippen LogP contribution in [0, 0.1) is 0 Å². The summed E-state index contributed by atoms with van der Waals surface area (Å²) in [6.07, 6.45) is 0.145. The van der Waals surface area contributed by atoms with E-state index in [9.17, 15) is 4.79 Å². The summed E-state index contributed by atoms with van der Waals surface area (Å²) in [7, 11) is 0. The highest BCUT2D eigenvalue weighted by Crippen LogP contribution is 2.34. The molecule has 230 valence electrons. The van der Waals surface area contributed by atoms with Crippen LogP contribution in [0.1, 0.15) is 34.6 Å². The van der Waals surface area contributed by atoms with Crippen molar-refractivity contribution in [3.63, 3.8) is 0 Å². The Morgan fingerprint density at radius 1 is 0.711 bits per heavy atom. The molecule has 2 N–H and O–H groups in total. The third-order valence-corrected chi connectivity index (χ3v) is 8.25. The maximum absolute atomic E-state index is 13.2. The predicted molar refractivity (Wildman–Crippen MR) is 170 cm³/mol. The smallest absolute Gasteiger partial charge is 0.410 e. The lowest BCUT2D eigenvalue weighted by molar-refractivity contribution is -0.497. The van der Waals surface area contributed by atoms with Crippen molar-refractivity contribution in [1.82, 2.24) is 10.3 Å². The number of likely N-dealkylation sites (tertiary alicyclic amines) is 1. The van der Waals surface area contributed by atoms with E-state index in [-0.39, 0.29) is 36.7 Å². The van der Waals surface area contributed by atoms with E-state index in [1.807, 2.05) is 42.5 Å². The predicted octanol–water partition coefficient (Wildman–Crippen LogP) is 7.73. The van der Waals surface area contributed by atoms with Crippen LogP contribution in [0.3, 0.4) is 0 Å². The van der Waals surface area contributed by atoms with Crippen LogP contribution >= 0.6 is 0 Å². The molecule has 0 aromatic heterocycles. The highest BCUT2D eigenvalue weighted by molar-refractivity contribution is 5.83. The molecule has 45 heavy (non-hydrogen) atoms. The molecule has 5 aromatic carbocycles. The lowest BCUT2D eigenvalue weighted by Crippen LogP contribution is -2.47. The zero-order valence-corrected chi connectivity index (χ0v) is 24.9. The van der Waals surface area contributed by atoms with E-state index < -0.39 is 0 Å². The van der Waals surface area contributed by atoms with E-state index in [0.29, 0.717) is 19.7 Å². The van der Waals surface area contributed by atoms with Gasteiger partial charge < -0.3 is 14.4 Å². The fourth-order valence-corrected chi connectivity index (χ4v) is 5.84. The first-order valence-electron chi connectivity index (χ1n) is 15.1. The van der Waals surface area contributed by atoms with Crippen LogP contribution < -0.4 is 0 Å². The second-order valence-electron chi connectivity index (χ2n) is 11.3. The van der Waals surface area contributed by atoms with E-state index in [0.717, 1.165) is 28.7 Å². The quantitative estimate of drug-likeness (QED) is 0.158. The van der Waals surface area contributed by atoms with Gasteiger partial charge in [0.15, 0.2) is 0 Å². The normalized spacial score (nSPS) is 16.6. The van der Waals surface area contributed by atoms with Gasteiger partial charge in [0.1, 0.15) is 6.61 Å². The molecule has 0 saturated carbocycles. The Balaban J connectivity index is 1.15. The van der Waals surface area contributed by atoms with Crippen LogP contribution in [0.5, 0.6) is 0 Å². The molecule has 2 atom stereocenters. The zero-order valence-electron chi connectivity index (χ0n) is 24.9. The fraction of sp³-hybridized carbons (Fsp3) is 0.216. The van der Waals surface area contributed by atoms with Gasteiger partial charge in [-0.3, -0.25) is 10.4 Å². The summed E-state index contributed by atoms with van der Waals surface area (Å²) in [5.41, 5.74) is 6.16. The number of amides is 1. The summed E-state index contributed by atoms with van der Waals surface area (Å²) >= 11 is 0. The van der Waals surface area contributed by atoms with Gasteiger partial charge in [-0.1, -0.05) is 115 Å². The molecule has 1 fully saturated rings. The lowest BCUT2D eigenvalue weighted by Gasteiger charge is -2.38. The standard InChI is InChI=1S/C37H36N2O6/c40-37(44-24-27-13-15-28(16-14-27)26-45-39(41)42)38-20-19-35(34-12-6-11-33(22-34)30-7-2-1-3-8-30)36(23-38)43-25-29-17-18-31-9-4-5-10-32(31)21-29/h1-18,21-22,35-36,41-42H,19-20,23-26H2/t35-,36+/m1/s1. The van der Waals surface area contributed by atoms with Gasteiger partial charge in [0.05, 0.1) is 31.3 Å². The summed E-state index contributed by atoms with van der Waals surface area (Å²) in [4.78, 5) is 19.6. The molecule has 6 rings (SSSR count). The molecule has 1 heterocycles. The van der Waals surface area contributed by atoms with E-state index in [1.54, 1.807) is 17.0 Å². The van der Waals surface area contributed by atoms with Crippen LogP contribution in [0.4, 0.5) is 4.79 Å². The van der Waals surface area contributed by atoms with Crippen molar-refractivity contribution in [2.24, 2.45) is 0 Å². The molecule has 1 aliphatic heterocycles. The first-order valence-corrected chi connectivity index (χ1v) is 15.1. The monoisotopic (exact) mass is 604 g/mol. The third kappa shape index (κ3) is 7.94. The number of hydrogen-bond acceptors (Lipinski definition) is 7. The number of rotatable bonds is 10. The van der Waals surface area contributed by atoms with Gasteiger partial charge in [0, 0.05) is 12.5 Å². The molecule has 8 nitrogen and oxygen atoms in total. The van der Waals surface area contributed by atoms with Gasteiger partial charge in [-0.2, -0.15) is 0 Å². The highest BCUT2D eigenvalue weighted by Gasteiger charge is 2.34. The number of hydrogen-bond donors (Lipinski definition) is 2. The Bertz CT molecular complexity index is 1710. The highest BCUT2D eigenvalue weighted by atomic mass is 17.1. The van der Waals surface area contributed by atoms with Crippen molar-refractivity contribution in [2.45, 2.75) is 38.3 Å². The number of piperidine rings is 1. The van der Waals surface area contributed by atoms with Gasteiger partial charge in [-0.05, 0) is 56.6 Å². The minimum absolute atomic E-state index is 0.00311. The number of carbonyl (C=O) groups excluding carboxylic acids is 1. The molecular formula is C37H36N2O6. The second kappa shape index (κ2) is 14.5. The summed E-state index contributed by atoms with van der Waals surface area (Å²) in [6.45, 7) is 1.53. The maximum Gasteiger partial charge on any atom is 0.410 e. The molecular weight excluding hydrogens is 568 g/mol. The molecule has 0 spiro atoms. The summed E-state index contributed by atoms with van der Waals surface area (Å²) < 4.78 is 12.3. The molecule has 0 unspecified atom stereocenters. The maximum atomic E-state index is 13.2. The van der Waals surface area contributed by atoms with E-state index in [2.05, 4.69) is 71.6 Å². The number of nitrogens with zero attached hydrogens (tertiary/aromatic N) is 2. The van der Waals surface area contributed by atoms with Crippen molar-refractivity contribution in [3.8, 4) is 11.1 Å². The zero-order chi connectivity index (χ0) is 31.0. The molecule has 0 radical (unpaired) electrons. The van der Waals surface area contributed by atoms with Gasteiger partial charge >= 0.3 is 6.09 Å². The topological polar surface area (TPSA) is 91.7 Å². The Kier molecular flexibility index (Phi) is 9.80. The van der Waals surface area contributed by atoms with Crippen molar-refractivity contribution < 1.29 is 29.5 Å². The molecule has 5 aromatic rings. The first-order chi connectivity index (χ1) is 22.0. The van der Waals surface area contributed by atoms with Crippen molar-refractivity contribution >= 4 is 16.9 Å². The SMILES string of the molecule is O=C(OCc1ccc(CON(O)O)cc1)N1CC[C@H](c2cccc(-c3ccccc3)c2)[C@@H](OCc2ccc3ccccc3c2)C1. The molecule has 1 saturated heterocycles. The lowest BCUT2D eigenvalue weighted by atomic mass is 9.85. The van der Waals surface area contributed by atoms with E-state index >= 15 is 0 Å². The molecule has 0 bridgehead atoms. The first kappa shape index (κ1) is 30.5. The Labute approximate surface area is 262 Å². The fourth-order valence-electron chi connectivity index (χ4n) is 5.84. The van der Waals surface area contributed by atoms with E-state index in [4.69, 9.17) is 19.9 Å². The summed E-state index contributed by atoms with van der Waals surface area (Å²) in [5.74, 6) is 0.113. The summed E-state index contributed by atoms with van der Waals surface area (Å²) in [6, 6.07) is 40.8. The minimum Gasteiger partial charge on any atom is -0.445 e. The Morgan fingerprint density at radius 3 is 2.18 bits per heavy atom. The minimum atomic E-state index is -0.380. The molecule has 1 amide bonds. The molecule has 1 aliphatic rings. The number of carbonyl (C=O) groups is 1. The number of ether oxygens (including phenoxy) is 2. The van der Waals surface area contributed by atoms with Crippen LogP contribution in [-0.2, 0) is 34.1 Å². The average Bonchev–Trinajstić information content (AvgIpc) is 3.09. The van der Waals surface area contributed by atoms with Gasteiger partial charge in [0.2, 0.25) is 0 Å². The molecule has 0 aliphatic carbocycles. The van der Waals surface area contributed by atoms with Crippen LogP contribution in [0.2, 0.25) is 0 Å². The van der Waals surface area contributed by atoms with Crippen LogP contribution in [0.25, 0.3) is 21.9 Å². The Hall–Kier alpha value is -4.57. The second-order valence-corrected chi connectivity index (χ2v) is 11.3. The third-order valence-electron chi connectivity index (χ3n) is 8.25. The Morgan fingerprint density at radius 2 is 1.40 bits per heavy atom. The number of fused-ring (bicyclic) bond motifs is 1. The van der Waals surface area contributed by atoms with Gasteiger partial charge in [-0.15, -0.1) is 0 Å². The summed E-state index contributed by atoms with van der Waals surface area (Å²) in [5, 5.41) is 19.5. The van der Waals surface area contributed by atoms with Crippen molar-refractivity contribution in [1.29, 1.82) is 0 Å². The van der Waals surface area contributed by atoms with Gasteiger partial charge in [-0.25, -0.2) is 9.63 Å². The molecule has 8 heteroatoms. The average molecular weight is 605 g/mol.